The van der Waals surface area contributed by atoms with Crippen LogP contribution in [0.25, 0.3) is 0 Å². The molecule has 0 aliphatic carbocycles. The van der Waals surface area contributed by atoms with Gasteiger partial charge in [-0.3, -0.25) is 0 Å². The first kappa shape index (κ1) is 19.5. The SMILES string of the molecule is Nc1nc(N)nc(Nc2ccc([O-])cc2)n1.O.[HH].[OH-].[Sb]. The Kier molecular flexibility index (Phi) is 8.52. The predicted molar refractivity (Wildman–Crippen MR) is 71.2 cm³/mol. The molecule has 0 aliphatic rings. The molecule has 0 fully saturated rings. The van der Waals surface area contributed by atoms with Crippen molar-refractivity contribution >= 4 is 48.0 Å². The molecule has 3 radical (unpaired) electrons. The topological polar surface area (TPSA) is 187 Å². The third-order valence-corrected chi connectivity index (χ3v) is 1.78. The third kappa shape index (κ3) is 5.56. The fourth-order valence-corrected chi connectivity index (χ4v) is 1.13. The van der Waals surface area contributed by atoms with E-state index in [1.807, 2.05) is 0 Å². The Hall–Kier alpha value is -1.83. The van der Waals surface area contributed by atoms with E-state index in [4.69, 9.17) is 11.5 Å². The van der Waals surface area contributed by atoms with Gasteiger partial charge in [0.25, 0.3) is 0 Å². The Morgan fingerprint density at radius 2 is 1.47 bits per heavy atom. The molecule has 0 unspecified atom stereocenters. The number of anilines is 4. The summed E-state index contributed by atoms with van der Waals surface area (Å²) in [5.74, 6) is 0.245. The van der Waals surface area contributed by atoms with Crippen molar-refractivity contribution in [3.8, 4) is 5.75 Å². The minimum atomic E-state index is -0.0692. The maximum Gasteiger partial charge on any atom is 0.233 e. The zero-order valence-corrected chi connectivity index (χ0v) is 12.2. The van der Waals surface area contributed by atoms with Crippen molar-refractivity contribution in [1.82, 2.24) is 15.0 Å². The van der Waals surface area contributed by atoms with Crippen LogP contribution in [0.2, 0.25) is 0 Å². The summed E-state index contributed by atoms with van der Waals surface area (Å²) in [7, 11) is 0. The van der Waals surface area contributed by atoms with E-state index in [1.165, 1.54) is 12.1 Å². The number of nitrogen functional groups attached to an aromatic ring is 2. The summed E-state index contributed by atoms with van der Waals surface area (Å²) < 4.78 is 0. The van der Waals surface area contributed by atoms with Gasteiger partial charge >= 0.3 is 0 Å². The zero-order chi connectivity index (χ0) is 11.5. The summed E-state index contributed by atoms with van der Waals surface area (Å²) in [6.45, 7) is 0. The van der Waals surface area contributed by atoms with Crippen molar-refractivity contribution in [3.63, 3.8) is 0 Å². The van der Waals surface area contributed by atoms with Crippen molar-refractivity contribution in [2.75, 3.05) is 16.8 Å². The Labute approximate surface area is 127 Å². The van der Waals surface area contributed by atoms with Crippen LogP contribution in [0.5, 0.6) is 5.75 Å². The Morgan fingerprint density at radius 3 is 1.95 bits per heavy atom. The summed E-state index contributed by atoms with van der Waals surface area (Å²) in [4.78, 5) is 11.3. The standard InChI is InChI=1S/C9H10N6O.2H2O.Sb.H2/c10-7-13-8(11)15-9(14-7)12-5-1-3-6(16)4-2-5;;;;/h1-4,16H,(H5,10,11,12,13,14,15);2*1H2;;1H/p-2. The van der Waals surface area contributed by atoms with Crippen LogP contribution in [0.4, 0.5) is 23.5 Å². The predicted octanol–water partition coefficient (Wildman–Crippen LogP) is -1.28. The van der Waals surface area contributed by atoms with Gasteiger partial charge in [0.15, 0.2) is 0 Å². The molecule has 0 bridgehead atoms. The van der Waals surface area contributed by atoms with Crippen LogP contribution in [-0.4, -0.2) is 50.3 Å². The number of nitrogens with one attached hydrogen (secondary N) is 1. The molecule has 19 heavy (non-hydrogen) atoms. The molecular formula is C9H14N6O3Sb-2. The van der Waals surface area contributed by atoms with Crippen molar-refractivity contribution in [1.29, 1.82) is 0 Å². The number of hydrogen-bond donors (Lipinski definition) is 3. The molecular weight excluding hydrogens is 362 g/mol. The van der Waals surface area contributed by atoms with Gasteiger partial charge in [-0.1, -0.05) is 12.1 Å². The van der Waals surface area contributed by atoms with E-state index in [9.17, 15) is 5.11 Å². The van der Waals surface area contributed by atoms with E-state index in [0.29, 0.717) is 5.69 Å². The van der Waals surface area contributed by atoms with E-state index < -0.39 is 0 Å². The monoisotopic (exact) mass is 375 g/mol. The normalized spacial score (nSPS) is 8.42. The molecule has 9 nitrogen and oxygen atoms in total. The van der Waals surface area contributed by atoms with Crippen LogP contribution >= 0.6 is 0 Å². The summed E-state index contributed by atoms with van der Waals surface area (Å²) in [5, 5.41) is 13.7. The second kappa shape index (κ2) is 8.30. The van der Waals surface area contributed by atoms with Gasteiger partial charge in [0.1, 0.15) is 0 Å². The van der Waals surface area contributed by atoms with Crippen LogP contribution in [0, 0.1) is 0 Å². The maximum atomic E-state index is 10.9. The van der Waals surface area contributed by atoms with E-state index in [-0.39, 0.29) is 60.4 Å². The second-order valence-electron chi connectivity index (χ2n) is 3.02. The molecule has 0 amide bonds. The average Bonchev–Trinajstić information content (AvgIpc) is 2.20. The molecule has 0 atom stereocenters. The van der Waals surface area contributed by atoms with Crippen LogP contribution in [0.15, 0.2) is 24.3 Å². The molecule has 1 aromatic carbocycles. The first-order valence-corrected chi connectivity index (χ1v) is 4.44. The van der Waals surface area contributed by atoms with Gasteiger partial charge in [0.05, 0.1) is 0 Å². The molecule has 105 valence electrons. The number of rotatable bonds is 2. The van der Waals surface area contributed by atoms with E-state index in [0.717, 1.165) is 0 Å². The zero-order valence-electron chi connectivity index (χ0n) is 9.61. The third-order valence-electron chi connectivity index (χ3n) is 1.78. The quantitative estimate of drug-likeness (QED) is 0.540. The van der Waals surface area contributed by atoms with Gasteiger partial charge in [0, 0.05) is 31.5 Å². The molecule has 8 N–H and O–H groups in total. The van der Waals surface area contributed by atoms with Crippen molar-refractivity contribution in [2.24, 2.45) is 0 Å². The smallest absolute Gasteiger partial charge is 0.233 e. The average molecular weight is 376 g/mol. The van der Waals surface area contributed by atoms with E-state index in [1.54, 1.807) is 12.1 Å². The molecule has 2 aromatic rings. The Morgan fingerprint density at radius 1 is 1.00 bits per heavy atom. The van der Waals surface area contributed by atoms with Crippen LogP contribution in [0.3, 0.4) is 0 Å². The molecule has 0 aliphatic heterocycles. The number of nitrogens with zero attached hydrogens (tertiary/aromatic N) is 3. The van der Waals surface area contributed by atoms with Gasteiger partial charge in [-0.25, -0.2) is 0 Å². The van der Waals surface area contributed by atoms with Crippen LogP contribution in [0.1, 0.15) is 1.43 Å². The van der Waals surface area contributed by atoms with Crippen molar-refractivity contribution in [2.45, 2.75) is 0 Å². The molecule has 1 heterocycles. The van der Waals surface area contributed by atoms with Crippen molar-refractivity contribution in [3.05, 3.63) is 24.3 Å². The first-order chi connectivity index (χ1) is 7.63. The number of aromatic nitrogens is 3. The molecule has 2 rings (SSSR count). The summed E-state index contributed by atoms with van der Waals surface area (Å²) in [6, 6.07) is 6.07. The van der Waals surface area contributed by atoms with Gasteiger partial charge in [0.2, 0.25) is 17.8 Å². The van der Waals surface area contributed by atoms with Gasteiger partial charge in [-0.2, -0.15) is 15.0 Å². The molecule has 0 saturated heterocycles. The Bertz CT molecular complexity index is 495. The molecule has 0 spiro atoms. The van der Waals surface area contributed by atoms with E-state index in [2.05, 4.69) is 20.3 Å². The molecule has 1 aromatic heterocycles. The summed E-state index contributed by atoms with van der Waals surface area (Å²) in [5.41, 5.74) is 11.5. The second-order valence-corrected chi connectivity index (χ2v) is 3.02. The minimum absolute atomic E-state index is 0. The number of hydrogen-bond acceptors (Lipinski definition) is 8. The molecule has 0 saturated carbocycles. The fraction of sp³-hybridized carbons (Fsp3) is 0. The first-order valence-electron chi connectivity index (χ1n) is 4.44. The van der Waals surface area contributed by atoms with Gasteiger partial charge < -0.3 is 32.8 Å². The fourth-order valence-electron chi connectivity index (χ4n) is 1.13. The minimum Gasteiger partial charge on any atom is -0.872 e. The Balaban J connectivity index is -0.000000722. The number of nitrogens with two attached hydrogens (primary N) is 2. The summed E-state index contributed by atoms with van der Waals surface area (Å²) in [6.07, 6.45) is 0. The van der Waals surface area contributed by atoms with Gasteiger partial charge in [-0.15, -0.1) is 5.75 Å². The van der Waals surface area contributed by atoms with E-state index >= 15 is 0 Å². The van der Waals surface area contributed by atoms with Gasteiger partial charge in [-0.05, 0) is 12.1 Å². The number of benzene rings is 1. The summed E-state index contributed by atoms with van der Waals surface area (Å²) >= 11 is 0. The van der Waals surface area contributed by atoms with Crippen molar-refractivity contribution < 1.29 is 17.5 Å². The maximum absolute atomic E-state index is 10.9. The molecule has 10 heteroatoms. The largest absolute Gasteiger partial charge is 0.872 e. The van der Waals surface area contributed by atoms with Crippen LogP contribution < -0.4 is 21.9 Å². The van der Waals surface area contributed by atoms with Crippen LogP contribution in [-0.2, 0) is 0 Å².